The van der Waals surface area contributed by atoms with E-state index in [1.807, 2.05) is 13.0 Å². The number of unbranched alkanes of at least 4 members (excludes halogenated alkanes) is 9. The molecular weight excluding hydrogens is 607 g/mol. The summed E-state index contributed by atoms with van der Waals surface area (Å²) in [5.74, 6) is -1.22. The maximum atomic E-state index is 14.0. The third-order valence-electron chi connectivity index (χ3n) is 8.03. The fourth-order valence-corrected chi connectivity index (χ4v) is 8.15. The normalized spacial score (nSPS) is 12.0. The van der Waals surface area contributed by atoms with Crippen molar-refractivity contribution < 1.29 is 26.7 Å². The Morgan fingerprint density at radius 1 is 0.711 bits per heavy atom. The van der Waals surface area contributed by atoms with Crippen LogP contribution in [0.1, 0.15) is 92.6 Å². The number of aromatic hydroxyl groups is 1. The van der Waals surface area contributed by atoms with Crippen molar-refractivity contribution in [2.45, 2.75) is 87.8 Å². The van der Waals surface area contributed by atoms with E-state index in [0.29, 0.717) is 17.5 Å². The van der Waals surface area contributed by atoms with Crippen molar-refractivity contribution in [2.24, 2.45) is 0 Å². The number of carbonyl (C=O) groups is 1. The van der Waals surface area contributed by atoms with E-state index in [2.05, 4.69) is 11.6 Å². The Kier molecular flexibility index (Phi) is 11.8. The molecule has 0 amide bonds. The van der Waals surface area contributed by atoms with Gasteiger partial charge in [-0.15, -0.1) is 0 Å². The van der Waals surface area contributed by atoms with Gasteiger partial charge in [-0.2, -0.15) is 0 Å². The number of hydrogen-bond donors (Lipinski definition) is 2. The summed E-state index contributed by atoms with van der Waals surface area (Å²) in [5.41, 5.74) is 0.905. The number of para-hydroxylation sites is 1. The number of fused-ring (bicyclic) bond motifs is 1. The molecular formula is C36H43NO6S2. The van der Waals surface area contributed by atoms with Crippen LogP contribution in [0.2, 0.25) is 0 Å². The Bertz CT molecular complexity index is 1830. The Hall–Kier alpha value is -3.69. The molecule has 0 fully saturated rings. The highest BCUT2D eigenvalue weighted by atomic mass is 32.2. The van der Waals surface area contributed by atoms with Crippen LogP contribution in [0.25, 0.3) is 10.8 Å². The number of aryl methyl sites for hydroxylation is 1. The van der Waals surface area contributed by atoms with Crippen LogP contribution >= 0.6 is 0 Å². The molecule has 0 bridgehead atoms. The Morgan fingerprint density at radius 2 is 1.36 bits per heavy atom. The molecule has 0 atom stereocenters. The minimum absolute atomic E-state index is 0.104. The molecule has 9 heteroatoms. The molecule has 4 aromatic rings. The second-order valence-corrected chi connectivity index (χ2v) is 15.4. The zero-order valence-electron chi connectivity index (χ0n) is 26.1. The molecule has 0 aliphatic carbocycles. The number of anilines is 1. The van der Waals surface area contributed by atoms with Crippen molar-refractivity contribution in [1.82, 2.24) is 0 Å². The topological polar surface area (TPSA) is 118 Å². The molecule has 0 aromatic heterocycles. The van der Waals surface area contributed by atoms with Crippen LogP contribution in [0.3, 0.4) is 0 Å². The SMILES string of the molecule is CCCCCCCCCCCCS(=O)(=O)c1ccc(S(=O)(=O)Nc2ccccc2)cc1C(=O)c1ccc2cc(C)ccc2c1O. The fourth-order valence-electron chi connectivity index (χ4n) is 5.50. The molecule has 0 aliphatic heterocycles. The number of phenols is 1. The molecule has 0 heterocycles. The van der Waals surface area contributed by atoms with Gasteiger partial charge < -0.3 is 5.11 Å². The van der Waals surface area contributed by atoms with E-state index in [9.17, 15) is 26.7 Å². The van der Waals surface area contributed by atoms with Crippen LogP contribution in [0, 0.1) is 6.92 Å². The van der Waals surface area contributed by atoms with E-state index in [4.69, 9.17) is 0 Å². The number of rotatable bonds is 17. The largest absolute Gasteiger partial charge is 0.507 e. The average molecular weight is 650 g/mol. The summed E-state index contributed by atoms with van der Waals surface area (Å²) in [6.45, 7) is 4.11. The van der Waals surface area contributed by atoms with E-state index in [-0.39, 0.29) is 32.4 Å². The molecule has 0 unspecified atom stereocenters. The lowest BCUT2D eigenvalue weighted by Gasteiger charge is -2.15. The van der Waals surface area contributed by atoms with Gasteiger partial charge in [0, 0.05) is 16.6 Å². The third-order valence-corrected chi connectivity index (χ3v) is 11.3. The second-order valence-electron chi connectivity index (χ2n) is 11.6. The van der Waals surface area contributed by atoms with Gasteiger partial charge in [0.15, 0.2) is 15.6 Å². The predicted octanol–water partition coefficient (Wildman–Crippen LogP) is 8.58. The lowest BCUT2D eigenvalue weighted by atomic mass is 9.97. The number of sulfonamides is 1. The first kappa shape index (κ1) is 34.2. The van der Waals surface area contributed by atoms with Gasteiger partial charge in [-0.1, -0.05) is 113 Å². The van der Waals surface area contributed by atoms with Crippen molar-refractivity contribution >= 4 is 42.1 Å². The van der Waals surface area contributed by atoms with Gasteiger partial charge in [0.2, 0.25) is 0 Å². The zero-order chi connectivity index (χ0) is 32.5. The second kappa shape index (κ2) is 15.5. The van der Waals surface area contributed by atoms with Crippen LogP contribution in [0.5, 0.6) is 5.75 Å². The minimum Gasteiger partial charge on any atom is -0.507 e. The molecule has 0 saturated carbocycles. The molecule has 240 valence electrons. The number of benzene rings is 4. The van der Waals surface area contributed by atoms with E-state index in [1.165, 1.54) is 50.3 Å². The Balaban J connectivity index is 1.61. The smallest absolute Gasteiger partial charge is 0.261 e. The molecule has 0 spiro atoms. The fraction of sp³-hybridized carbons (Fsp3) is 0.361. The third kappa shape index (κ3) is 8.95. The predicted molar refractivity (Wildman–Crippen MR) is 181 cm³/mol. The van der Waals surface area contributed by atoms with Crippen LogP contribution in [-0.4, -0.2) is 33.5 Å². The van der Waals surface area contributed by atoms with E-state index in [1.54, 1.807) is 48.5 Å². The average Bonchev–Trinajstić information content (AvgIpc) is 3.01. The van der Waals surface area contributed by atoms with Gasteiger partial charge in [0.25, 0.3) is 10.0 Å². The summed E-state index contributed by atoms with van der Waals surface area (Å²) in [4.78, 5) is 13.5. The molecule has 45 heavy (non-hydrogen) atoms. The van der Waals surface area contributed by atoms with Crippen molar-refractivity contribution in [1.29, 1.82) is 0 Å². The lowest BCUT2D eigenvalue weighted by Crippen LogP contribution is -2.17. The van der Waals surface area contributed by atoms with Gasteiger partial charge in [-0.3, -0.25) is 9.52 Å². The molecule has 4 rings (SSSR count). The van der Waals surface area contributed by atoms with Gasteiger partial charge in [-0.05, 0) is 55.1 Å². The minimum atomic E-state index is -4.16. The van der Waals surface area contributed by atoms with E-state index < -0.39 is 25.6 Å². The van der Waals surface area contributed by atoms with Crippen LogP contribution in [0.15, 0.2) is 88.7 Å². The highest BCUT2D eigenvalue weighted by Gasteiger charge is 2.28. The van der Waals surface area contributed by atoms with Crippen molar-refractivity contribution in [3.05, 3.63) is 95.6 Å². The highest BCUT2D eigenvalue weighted by Crippen LogP contribution is 2.33. The molecule has 7 nitrogen and oxygen atoms in total. The summed E-state index contributed by atoms with van der Waals surface area (Å²) >= 11 is 0. The number of phenolic OH excluding ortho intramolecular Hbond substituents is 1. The summed E-state index contributed by atoms with van der Waals surface area (Å²) in [7, 11) is -8.11. The Labute approximate surface area is 267 Å². The Morgan fingerprint density at radius 3 is 2.02 bits per heavy atom. The lowest BCUT2D eigenvalue weighted by molar-refractivity contribution is 0.103. The summed E-state index contributed by atoms with van der Waals surface area (Å²) in [6, 6.07) is 20.3. The van der Waals surface area contributed by atoms with Gasteiger partial charge >= 0.3 is 0 Å². The van der Waals surface area contributed by atoms with Crippen molar-refractivity contribution in [3.8, 4) is 5.75 Å². The van der Waals surface area contributed by atoms with Gasteiger partial charge in [-0.25, -0.2) is 16.8 Å². The van der Waals surface area contributed by atoms with Gasteiger partial charge in [0.1, 0.15) is 5.75 Å². The van der Waals surface area contributed by atoms with Crippen molar-refractivity contribution in [3.63, 3.8) is 0 Å². The first-order chi connectivity index (χ1) is 21.5. The number of sulfone groups is 1. The van der Waals surface area contributed by atoms with Crippen LogP contribution in [-0.2, 0) is 19.9 Å². The zero-order valence-corrected chi connectivity index (χ0v) is 27.7. The van der Waals surface area contributed by atoms with E-state index in [0.717, 1.165) is 42.7 Å². The number of nitrogens with one attached hydrogen (secondary N) is 1. The maximum absolute atomic E-state index is 14.0. The summed E-state index contributed by atoms with van der Waals surface area (Å²) in [5, 5.41) is 12.3. The van der Waals surface area contributed by atoms with Crippen LogP contribution in [0.4, 0.5) is 5.69 Å². The molecule has 0 saturated heterocycles. The van der Waals surface area contributed by atoms with Crippen molar-refractivity contribution in [2.75, 3.05) is 10.5 Å². The van der Waals surface area contributed by atoms with Gasteiger partial charge in [0.05, 0.1) is 21.1 Å². The summed E-state index contributed by atoms with van der Waals surface area (Å²) < 4.78 is 56.3. The monoisotopic (exact) mass is 649 g/mol. The maximum Gasteiger partial charge on any atom is 0.261 e. The summed E-state index contributed by atoms with van der Waals surface area (Å²) in [6.07, 6.45) is 10.5. The standard InChI is InChI=1S/C36H43NO6S2/c1-3-4-5-6-7-8-9-10-11-15-24-44(40,41)34-23-20-30(45(42,43)37-29-16-13-12-14-17-29)26-33(34)36(39)32-22-19-28-25-27(2)18-21-31(28)35(32)38/h12-14,16-23,25-26,37-38H,3-11,15,24H2,1-2H3. The highest BCUT2D eigenvalue weighted by molar-refractivity contribution is 7.93. The number of hydrogen-bond acceptors (Lipinski definition) is 6. The number of carbonyl (C=O) groups excluding carboxylic acids is 1. The molecule has 0 aliphatic rings. The molecule has 0 radical (unpaired) electrons. The first-order valence-corrected chi connectivity index (χ1v) is 18.9. The molecule has 2 N–H and O–H groups in total. The quantitative estimate of drug-likeness (QED) is 0.0874. The first-order valence-electron chi connectivity index (χ1n) is 15.7. The van der Waals surface area contributed by atoms with Crippen LogP contribution < -0.4 is 4.72 Å². The number of ketones is 1. The molecule has 4 aromatic carbocycles. The van der Waals surface area contributed by atoms with E-state index >= 15 is 0 Å².